The van der Waals surface area contributed by atoms with Crippen molar-refractivity contribution in [1.29, 1.82) is 0 Å². The topological polar surface area (TPSA) is 25.2 Å². The van der Waals surface area contributed by atoms with Gasteiger partial charge in [-0.25, -0.2) is 0 Å². The van der Waals surface area contributed by atoms with Crippen LogP contribution in [0.5, 0.6) is 0 Å². The second-order valence-corrected chi connectivity index (χ2v) is 5.52. The van der Waals surface area contributed by atoms with E-state index in [1.54, 1.807) is 17.6 Å². The molecule has 0 unspecified atom stereocenters. The molecule has 0 amide bonds. The van der Waals surface area contributed by atoms with Crippen molar-refractivity contribution < 1.29 is 4.42 Å². The van der Waals surface area contributed by atoms with Gasteiger partial charge in [0.2, 0.25) is 0 Å². The Morgan fingerprint density at radius 3 is 3.00 bits per heavy atom. The zero-order valence-electron chi connectivity index (χ0n) is 8.94. The lowest BCUT2D eigenvalue weighted by Gasteiger charge is -2.04. The first-order chi connectivity index (χ1) is 8.33. The first-order valence-electron chi connectivity index (χ1n) is 5.26. The van der Waals surface area contributed by atoms with E-state index >= 15 is 0 Å². The average Bonchev–Trinajstić information content (AvgIpc) is 2.94. The van der Waals surface area contributed by atoms with Gasteiger partial charge in [-0.3, -0.25) is 0 Å². The molecule has 0 atom stereocenters. The van der Waals surface area contributed by atoms with E-state index in [4.69, 9.17) is 4.42 Å². The molecule has 4 heteroatoms. The van der Waals surface area contributed by atoms with E-state index < -0.39 is 0 Å². The van der Waals surface area contributed by atoms with Gasteiger partial charge in [0.05, 0.1) is 17.3 Å². The lowest BCUT2D eigenvalue weighted by Crippen LogP contribution is -1.98. The fraction of sp³-hybridized carbons (Fsp3) is 0.0769. The number of hydrogen-bond donors (Lipinski definition) is 1. The molecule has 2 heterocycles. The van der Waals surface area contributed by atoms with Gasteiger partial charge in [-0.2, -0.15) is 0 Å². The van der Waals surface area contributed by atoms with Gasteiger partial charge >= 0.3 is 0 Å². The highest BCUT2D eigenvalue weighted by molar-refractivity contribution is 9.10. The molecule has 0 aliphatic carbocycles. The van der Waals surface area contributed by atoms with E-state index in [0.29, 0.717) is 6.54 Å². The molecule has 2 aromatic heterocycles. The van der Waals surface area contributed by atoms with Crippen LogP contribution in [0.4, 0.5) is 5.69 Å². The quantitative estimate of drug-likeness (QED) is 0.747. The Hall–Kier alpha value is -1.26. The normalized spacial score (nSPS) is 10.9. The first kappa shape index (κ1) is 10.9. The van der Waals surface area contributed by atoms with Crippen LogP contribution in [-0.4, -0.2) is 0 Å². The summed E-state index contributed by atoms with van der Waals surface area (Å²) < 4.78 is 7.67. The Bertz CT molecular complexity index is 643. The average molecular weight is 308 g/mol. The van der Waals surface area contributed by atoms with Crippen molar-refractivity contribution in [3.05, 3.63) is 52.2 Å². The molecule has 1 aromatic carbocycles. The van der Waals surface area contributed by atoms with Crippen LogP contribution in [0.2, 0.25) is 0 Å². The van der Waals surface area contributed by atoms with Crippen molar-refractivity contribution in [3.8, 4) is 0 Å². The molecular weight excluding hydrogens is 298 g/mol. The van der Waals surface area contributed by atoms with Crippen molar-refractivity contribution in [2.45, 2.75) is 6.54 Å². The van der Waals surface area contributed by atoms with E-state index in [1.807, 2.05) is 6.07 Å². The Balaban J connectivity index is 1.78. The van der Waals surface area contributed by atoms with Gasteiger partial charge in [-0.15, -0.1) is 11.3 Å². The van der Waals surface area contributed by atoms with Crippen LogP contribution in [0, 0.1) is 0 Å². The van der Waals surface area contributed by atoms with Crippen molar-refractivity contribution in [2.24, 2.45) is 0 Å². The summed E-state index contributed by atoms with van der Waals surface area (Å²) in [6.45, 7) is 0.684. The smallest absolute Gasteiger partial charge is 0.136 e. The van der Waals surface area contributed by atoms with E-state index in [9.17, 15) is 0 Å². The molecule has 3 aromatic rings. The number of furan rings is 1. The number of thiophene rings is 1. The standard InChI is InChI=1S/C13H10BrNOS/c14-11-3-5-16-12(11)8-15-10-1-2-13-9(7-10)4-6-17-13/h1-7,15H,8H2. The van der Waals surface area contributed by atoms with Crippen LogP contribution in [0.25, 0.3) is 10.1 Å². The molecule has 0 aliphatic heterocycles. The lowest BCUT2D eigenvalue weighted by atomic mass is 10.2. The molecule has 0 aliphatic rings. The second-order valence-electron chi connectivity index (χ2n) is 3.72. The van der Waals surface area contributed by atoms with Crippen LogP contribution in [0.1, 0.15) is 5.76 Å². The minimum absolute atomic E-state index is 0.684. The van der Waals surface area contributed by atoms with E-state index in [1.165, 1.54) is 10.1 Å². The van der Waals surface area contributed by atoms with Gasteiger partial charge in [-0.1, -0.05) is 0 Å². The predicted octanol–water partition coefficient (Wildman–Crippen LogP) is 4.87. The molecule has 17 heavy (non-hydrogen) atoms. The summed E-state index contributed by atoms with van der Waals surface area (Å²) in [7, 11) is 0. The molecular formula is C13H10BrNOS. The van der Waals surface area contributed by atoms with Crippen LogP contribution in [0.3, 0.4) is 0 Å². The van der Waals surface area contributed by atoms with Gasteiger partial charge in [0.25, 0.3) is 0 Å². The zero-order valence-corrected chi connectivity index (χ0v) is 11.3. The third-order valence-electron chi connectivity index (χ3n) is 2.60. The molecule has 2 nitrogen and oxygen atoms in total. The third-order valence-corrected chi connectivity index (χ3v) is 4.20. The summed E-state index contributed by atoms with van der Waals surface area (Å²) in [5, 5.41) is 6.74. The summed E-state index contributed by atoms with van der Waals surface area (Å²) in [4.78, 5) is 0. The summed E-state index contributed by atoms with van der Waals surface area (Å²) in [6, 6.07) is 10.4. The first-order valence-corrected chi connectivity index (χ1v) is 6.93. The van der Waals surface area contributed by atoms with Crippen LogP contribution < -0.4 is 5.32 Å². The van der Waals surface area contributed by atoms with Crippen molar-refractivity contribution in [3.63, 3.8) is 0 Å². The molecule has 0 saturated heterocycles. The van der Waals surface area contributed by atoms with Crippen molar-refractivity contribution >= 4 is 43.0 Å². The largest absolute Gasteiger partial charge is 0.466 e. The Morgan fingerprint density at radius 2 is 2.18 bits per heavy atom. The molecule has 0 bridgehead atoms. The fourth-order valence-corrected chi connectivity index (χ4v) is 2.82. The molecule has 1 N–H and O–H groups in total. The van der Waals surface area contributed by atoms with Gasteiger partial charge < -0.3 is 9.73 Å². The highest BCUT2D eigenvalue weighted by Gasteiger charge is 2.03. The molecule has 86 valence electrons. The van der Waals surface area contributed by atoms with Gasteiger partial charge in [-0.05, 0) is 57.0 Å². The Morgan fingerprint density at radius 1 is 1.24 bits per heavy atom. The lowest BCUT2D eigenvalue weighted by molar-refractivity contribution is 0.516. The number of anilines is 1. The second kappa shape index (κ2) is 4.55. The molecule has 3 rings (SSSR count). The predicted molar refractivity (Wildman–Crippen MR) is 75.6 cm³/mol. The maximum atomic E-state index is 5.35. The highest BCUT2D eigenvalue weighted by Crippen LogP contribution is 2.25. The van der Waals surface area contributed by atoms with E-state index in [0.717, 1.165) is 15.9 Å². The minimum atomic E-state index is 0.684. The fourth-order valence-electron chi connectivity index (χ4n) is 1.71. The zero-order chi connectivity index (χ0) is 11.7. The number of rotatable bonds is 3. The maximum Gasteiger partial charge on any atom is 0.136 e. The number of fused-ring (bicyclic) bond motifs is 1. The van der Waals surface area contributed by atoms with Crippen molar-refractivity contribution in [1.82, 2.24) is 0 Å². The van der Waals surface area contributed by atoms with Crippen LogP contribution in [0.15, 0.2) is 50.9 Å². The SMILES string of the molecule is Brc1ccoc1CNc1ccc2sccc2c1. The van der Waals surface area contributed by atoms with Gasteiger partial charge in [0.1, 0.15) is 5.76 Å². The molecule has 0 saturated carbocycles. The Labute approximate surface area is 111 Å². The third kappa shape index (κ3) is 2.23. The highest BCUT2D eigenvalue weighted by atomic mass is 79.9. The summed E-state index contributed by atoms with van der Waals surface area (Å²) >= 11 is 5.20. The van der Waals surface area contributed by atoms with Gasteiger partial charge in [0.15, 0.2) is 0 Å². The number of halogens is 1. The molecule has 0 fully saturated rings. The molecule has 0 radical (unpaired) electrons. The van der Waals surface area contributed by atoms with E-state index in [-0.39, 0.29) is 0 Å². The molecule has 0 spiro atoms. The number of hydrogen-bond acceptors (Lipinski definition) is 3. The van der Waals surface area contributed by atoms with Crippen LogP contribution >= 0.6 is 27.3 Å². The number of nitrogens with one attached hydrogen (secondary N) is 1. The van der Waals surface area contributed by atoms with E-state index in [2.05, 4.69) is 50.9 Å². The Kier molecular flexibility index (Phi) is 2.91. The minimum Gasteiger partial charge on any atom is -0.466 e. The maximum absolute atomic E-state index is 5.35. The monoisotopic (exact) mass is 307 g/mol. The summed E-state index contributed by atoms with van der Waals surface area (Å²) in [5.74, 6) is 0.912. The summed E-state index contributed by atoms with van der Waals surface area (Å²) in [6.07, 6.45) is 1.68. The van der Waals surface area contributed by atoms with Crippen molar-refractivity contribution in [2.75, 3.05) is 5.32 Å². The number of benzene rings is 1. The van der Waals surface area contributed by atoms with Crippen LogP contribution in [-0.2, 0) is 6.54 Å². The van der Waals surface area contributed by atoms with Gasteiger partial charge in [0, 0.05) is 10.4 Å². The summed E-state index contributed by atoms with van der Waals surface area (Å²) in [5.41, 5.74) is 1.11.